The van der Waals surface area contributed by atoms with E-state index < -0.39 is 39.6 Å². The Balaban J connectivity index is 3.02. The summed E-state index contributed by atoms with van der Waals surface area (Å²) in [5.74, 6) is 3.44. The van der Waals surface area contributed by atoms with Crippen molar-refractivity contribution in [3.05, 3.63) is 0 Å². The van der Waals surface area contributed by atoms with Crippen molar-refractivity contribution >= 4 is 33.9 Å². The summed E-state index contributed by atoms with van der Waals surface area (Å²) in [5.41, 5.74) is 3.69. The van der Waals surface area contributed by atoms with Crippen molar-refractivity contribution in [2.24, 2.45) is 5.73 Å². The molecule has 1 fully saturated rings. The van der Waals surface area contributed by atoms with Crippen LogP contribution in [0, 0.1) is 24.7 Å². The molecular weight excluding hydrogens is 621 g/mol. The fourth-order valence-electron chi connectivity index (χ4n) is 4.28. The molecule has 0 spiro atoms. The zero-order chi connectivity index (χ0) is 32.7. The van der Waals surface area contributed by atoms with Crippen molar-refractivity contribution in [3.8, 4) is 24.7 Å². The average molecular weight is 669 g/mol. The van der Waals surface area contributed by atoms with Crippen LogP contribution in [0.3, 0.4) is 0 Å². The van der Waals surface area contributed by atoms with Crippen molar-refractivity contribution in [1.82, 2.24) is 25.3 Å². The van der Waals surface area contributed by atoms with Gasteiger partial charge >= 0.3 is 0 Å². The van der Waals surface area contributed by atoms with Gasteiger partial charge in [-0.15, -0.1) is 12.8 Å². The van der Waals surface area contributed by atoms with Crippen molar-refractivity contribution in [3.63, 3.8) is 0 Å². The Morgan fingerprint density at radius 2 is 1.19 bits per heavy atom. The third-order valence-electron chi connectivity index (χ3n) is 6.76. The fourth-order valence-corrected chi connectivity index (χ4v) is 9.33. The lowest BCUT2D eigenvalue weighted by Gasteiger charge is -2.30. The molecule has 1 saturated heterocycles. The van der Waals surface area contributed by atoms with Gasteiger partial charge in [-0.25, -0.2) is 0 Å². The highest BCUT2D eigenvalue weighted by atomic mass is 31.2. The first-order chi connectivity index (χ1) is 19.9. The minimum Gasteiger partial charge on any atom is -0.376 e. The maximum Gasteiger partial charge on any atom is 0.221 e. The summed E-state index contributed by atoms with van der Waals surface area (Å²) in [5, 5.41) is 15.5. The summed E-state index contributed by atoms with van der Waals surface area (Å²) in [7, 11) is -11.4. The second-order valence-corrected chi connectivity index (χ2v) is 18.3. The summed E-state index contributed by atoms with van der Waals surface area (Å²) >= 11 is 0. The molecule has 0 aromatic rings. The lowest BCUT2D eigenvalue weighted by atomic mass is 10.2. The molecule has 15 nitrogen and oxygen atoms in total. The summed E-state index contributed by atoms with van der Waals surface area (Å²) in [6.07, 6.45) is 8.33. The minimum absolute atomic E-state index is 0.00813. The van der Waals surface area contributed by atoms with E-state index in [4.69, 9.17) is 18.6 Å². The zero-order valence-corrected chi connectivity index (χ0v) is 27.4. The maximum atomic E-state index is 13.1. The number of nitrogens with two attached hydrogens (primary N) is 1. The first-order valence-electron chi connectivity index (χ1n) is 13.9. The Morgan fingerprint density at radius 1 is 0.791 bits per heavy atom. The summed E-state index contributed by atoms with van der Waals surface area (Å²) in [4.78, 5) is 59.9. The minimum atomic E-state index is -3.81. The molecule has 43 heavy (non-hydrogen) atoms. The number of rotatable bonds is 18. The fraction of sp³-hybridized carbons (Fsp3) is 0.760. The van der Waals surface area contributed by atoms with Crippen molar-refractivity contribution in [2.45, 2.75) is 31.9 Å². The number of carbonyl (C=O) groups excluding carboxylic acids is 2. The van der Waals surface area contributed by atoms with Gasteiger partial charge in [0.2, 0.25) is 33.9 Å². The van der Waals surface area contributed by atoms with Crippen molar-refractivity contribution in [2.75, 3.05) is 89.7 Å². The Kier molecular flexibility index (Phi) is 16.9. The predicted molar refractivity (Wildman–Crippen MR) is 166 cm³/mol. The lowest BCUT2D eigenvalue weighted by molar-refractivity contribution is -0.120. The molecule has 0 bridgehead atoms. The Hall–Kier alpha value is -1.57. The maximum absolute atomic E-state index is 13.1. The molecule has 18 heteroatoms. The second-order valence-electron chi connectivity index (χ2n) is 11.0. The first kappa shape index (κ1) is 39.5. The number of primary amides is 1. The molecule has 2 amide bonds. The molecule has 0 aromatic heterocycles. The molecule has 0 radical (unpaired) electrons. The van der Waals surface area contributed by atoms with E-state index in [1.165, 1.54) is 6.92 Å². The molecule has 0 aromatic carbocycles. The van der Waals surface area contributed by atoms with Crippen molar-refractivity contribution < 1.29 is 43.1 Å². The van der Waals surface area contributed by atoms with Crippen LogP contribution in [0.1, 0.15) is 26.2 Å². The number of hydrogen-bond acceptors (Lipinski definition) is 10. The van der Waals surface area contributed by atoms with Gasteiger partial charge < -0.3 is 30.8 Å². The van der Waals surface area contributed by atoms with Gasteiger partial charge in [-0.1, -0.05) is 11.8 Å². The van der Waals surface area contributed by atoms with Crippen LogP contribution < -0.4 is 16.4 Å². The summed E-state index contributed by atoms with van der Waals surface area (Å²) in [6.45, 7) is 3.06. The zero-order valence-electron chi connectivity index (χ0n) is 24.8. The van der Waals surface area contributed by atoms with Crippen LogP contribution in [0.25, 0.3) is 0 Å². The largest absolute Gasteiger partial charge is 0.376 e. The van der Waals surface area contributed by atoms with Gasteiger partial charge in [-0.05, 0) is 13.3 Å². The van der Waals surface area contributed by atoms with E-state index in [-0.39, 0.29) is 109 Å². The monoisotopic (exact) mass is 668 g/mol. The third-order valence-corrected chi connectivity index (χ3v) is 12.1. The molecule has 8 N–H and O–H groups in total. The molecule has 246 valence electrons. The van der Waals surface area contributed by atoms with E-state index in [9.17, 15) is 43.1 Å². The smallest absolute Gasteiger partial charge is 0.221 e. The molecule has 4 unspecified atom stereocenters. The summed E-state index contributed by atoms with van der Waals surface area (Å²) in [6, 6.07) is 0. The summed E-state index contributed by atoms with van der Waals surface area (Å²) < 4.78 is 38.9. The highest BCUT2D eigenvalue weighted by Crippen LogP contribution is 2.44. The number of terminal acetylenes is 2. The van der Waals surface area contributed by atoms with E-state index in [0.29, 0.717) is 0 Å². The SMILES string of the molecule is C#CCNC(=O)CCP(=O)(O)CN1CCN(CP(=O)(O)CCC(N)=O)CCN(CP(=O)(O)CCC(C)(O)NCC#C)CC1. The van der Waals surface area contributed by atoms with Gasteiger partial charge in [0.1, 0.15) is 5.72 Å². The van der Waals surface area contributed by atoms with Gasteiger partial charge in [0.25, 0.3) is 0 Å². The average Bonchev–Trinajstić information content (AvgIpc) is 2.98. The van der Waals surface area contributed by atoms with Crippen LogP contribution >= 0.6 is 22.1 Å². The highest BCUT2D eigenvalue weighted by molar-refractivity contribution is 7.58. The number of hydrogen-bond donors (Lipinski definition) is 7. The van der Waals surface area contributed by atoms with E-state index in [1.807, 2.05) is 0 Å². The highest BCUT2D eigenvalue weighted by Gasteiger charge is 2.31. The standard InChI is InChI=1S/C25H47N6O9P3/c1-4-9-27-24(33)7-18-42(37,38)21-30-12-11-29(20-41(35,36)17-6-23(26)32)13-15-31(16-14-30)22-43(39,40)19-8-25(3,34)28-10-5-2/h1-2,28,34H,6-22H2,3H3,(H2,26,32)(H,27,33)(H,35,36)(H,37,38)(H,39,40). The van der Waals surface area contributed by atoms with E-state index >= 15 is 0 Å². The first-order valence-corrected chi connectivity index (χ1v) is 20.0. The van der Waals surface area contributed by atoms with Crippen LogP contribution in [-0.2, 0) is 23.3 Å². The van der Waals surface area contributed by atoms with Gasteiger partial charge in [0, 0.05) is 70.6 Å². The molecule has 4 atom stereocenters. The number of amides is 2. The number of nitrogens with zero attached hydrogens (tertiary/aromatic N) is 3. The molecular formula is C25H47N6O9P3. The van der Waals surface area contributed by atoms with Crippen LogP contribution in [0.5, 0.6) is 0 Å². The Bertz CT molecular complexity index is 1160. The van der Waals surface area contributed by atoms with E-state index in [1.54, 1.807) is 14.7 Å². The second kappa shape index (κ2) is 18.4. The molecule has 0 aliphatic carbocycles. The molecule has 1 aliphatic rings. The van der Waals surface area contributed by atoms with Crippen LogP contribution in [0.15, 0.2) is 0 Å². The quantitative estimate of drug-likeness (QED) is 0.0525. The predicted octanol–water partition coefficient (Wildman–Crippen LogP) is -1.07. The normalized spacial score (nSPS) is 21.3. The lowest BCUT2D eigenvalue weighted by Crippen LogP contribution is -2.43. The topological polar surface area (TPSA) is 226 Å². The van der Waals surface area contributed by atoms with Gasteiger partial charge in [-0.3, -0.25) is 43.3 Å². The third kappa shape index (κ3) is 18.8. The Labute approximate surface area is 254 Å². The molecule has 1 aliphatic heterocycles. The number of carbonyl (C=O) groups is 2. The van der Waals surface area contributed by atoms with Crippen LogP contribution in [0.4, 0.5) is 0 Å². The molecule has 0 saturated carbocycles. The molecule has 1 rings (SSSR count). The van der Waals surface area contributed by atoms with E-state index in [2.05, 4.69) is 22.5 Å². The van der Waals surface area contributed by atoms with Gasteiger partial charge in [0.15, 0.2) is 0 Å². The van der Waals surface area contributed by atoms with Crippen LogP contribution in [0.2, 0.25) is 0 Å². The van der Waals surface area contributed by atoms with Gasteiger partial charge in [-0.2, -0.15) is 0 Å². The van der Waals surface area contributed by atoms with Gasteiger partial charge in [0.05, 0.1) is 31.9 Å². The van der Waals surface area contributed by atoms with Crippen LogP contribution in [-0.4, -0.2) is 142 Å². The number of nitrogens with one attached hydrogen (secondary N) is 2. The molecule has 1 heterocycles. The Morgan fingerprint density at radius 3 is 1.58 bits per heavy atom. The van der Waals surface area contributed by atoms with Crippen molar-refractivity contribution in [1.29, 1.82) is 0 Å². The number of aliphatic hydroxyl groups is 1. The van der Waals surface area contributed by atoms with E-state index in [0.717, 1.165) is 0 Å².